The zero-order valence-electron chi connectivity index (χ0n) is 13.3. The van der Waals surface area contributed by atoms with E-state index >= 15 is 0 Å². The van der Waals surface area contributed by atoms with E-state index in [9.17, 15) is 4.79 Å². The number of ether oxygens (including phenoxy) is 2. The van der Waals surface area contributed by atoms with Crippen LogP contribution in [0.5, 0.6) is 11.5 Å². The number of nitrogens with zero attached hydrogens (tertiary/aromatic N) is 1. The molecular weight excluding hydrogens is 369 g/mol. The molecule has 0 spiro atoms. The molecule has 24 heavy (non-hydrogen) atoms. The van der Waals surface area contributed by atoms with Gasteiger partial charge >= 0.3 is 0 Å². The van der Waals surface area contributed by atoms with Gasteiger partial charge in [-0.15, -0.1) is 11.3 Å². The molecule has 1 saturated heterocycles. The summed E-state index contributed by atoms with van der Waals surface area (Å²) in [6, 6.07) is 7.26. The van der Waals surface area contributed by atoms with E-state index in [0.717, 1.165) is 24.2 Å². The molecule has 0 radical (unpaired) electrons. The second kappa shape index (κ2) is 7.21. The summed E-state index contributed by atoms with van der Waals surface area (Å²) < 4.78 is 11.7. The minimum atomic E-state index is -0.0940. The van der Waals surface area contributed by atoms with Crippen molar-refractivity contribution in [2.24, 2.45) is 0 Å². The Balaban J connectivity index is 1.93. The van der Waals surface area contributed by atoms with E-state index < -0.39 is 0 Å². The number of carbonyl (C=O) groups excluding carboxylic acids is 1. The number of methoxy groups -OCH3 is 2. The molecule has 2 aromatic rings. The number of halogens is 2. The highest BCUT2D eigenvalue weighted by Gasteiger charge is 2.33. The first-order valence-electron chi connectivity index (χ1n) is 7.53. The summed E-state index contributed by atoms with van der Waals surface area (Å²) >= 11 is 13.3. The van der Waals surface area contributed by atoms with Crippen LogP contribution >= 0.6 is 34.5 Å². The predicted molar refractivity (Wildman–Crippen MR) is 96.9 cm³/mol. The second-order valence-corrected chi connectivity index (χ2v) is 7.79. The van der Waals surface area contributed by atoms with Crippen molar-refractivity contribution in [2.45, 2.75) is 18.9 Å². The molecule has 3 rings (SSSR count). The third kappa shape index (κ3) is 3.21. The second-order valence-electron chi connectivity index (χ2n) is 5.50. The van der Waals surface area contributed by atoms with Gasteiger partial charge in [0.25, 0.3) is 5.91 Å². The maximum atomic E-state index is 12.9. The quantitative estimate of drug-likeness (QED) is 0.738. The summed E-state index contributed by atoms with van der Waals surface area (Å²) in [5.41, 5.74) is 1.44. The van der Waals surface area contributed by atoms with Gasteiger partial charge in [0.05, 0.1) is 30.2 Å². The molecule has 1 amide bonds. The van der Waals surface area contributed by atoms with Crippen LogP contribution in [0.4, 0.5) is 0 Å². The molecule has 1 aromatic heterocycles. The van der Waals surface area contributed by atoms with Crippen LogP contribution in [0.1, 0.15) is 34.8 Å². The first-order chi connectivity index (χ1) is 11.5. The van der Waals surface area contributed by atoms with E-state index in [1.54, 1.807) is 20.3 Å². The monoisotopic (exact) mass is 385 g/mol. The predicted octanol–water partition coefficient (Wildman–Crippen LogP) is 5.05. The van der Waals surface area contributed by atoms with Crippen molar-refractivity contribution in [2.75, 3.05) is 20.8 Å². The van der Waals surface area contributed by atoms with Gasteiger partial charge in [-0.3, -0.25) is 4.79 Å². The molecule has 4 nitrogen and oxygen atoms in total. The summed E-state index contributed by atoms with van der Waals surface area (Å²) in [6.45, 7) is 0.683. The molecular formula is C17H17Cl2NO3S. The number of amides is 1. The van der Waals surface area contributed by atoms with E-state index in [-0.39, 0.29) is 11.9 Å². The summed E-state index contributed by atoms with van der Waals surface area (Å²) in [5, 5.41) is 0. The van der Waals surface area contributed by atoms with Crippen LogP contribution < -0.4 is 9.47 Å². The first-order valence-corrected chi connectivity index (χ1v) is 9.10. The highest BCUT2D eigenvalue weighted by molar-refractivity contribution is 7.20. The van der Waals surface area contributed by atoms with E-state index in [4.69, 9.17) is 32.7 Å². The Labute approximate surface area is 154 Å². The van der Waals surface area contributed by atoms with Gasteiger partial charge in [0.15, 0.2) is 0 Å². The molecule has 1 atom stereocenters. The third-order valence-electron chi connectivity index (χ3n) is 4.20. The van der Waals surface area contributed by atoms with Gasteiger partial charge in [0.2, 0.25) is 0 Å². The minimum absolute atomic E-state index is 0.0481. The molecule has 1 unspecified atom stereocenters. The summed E-state index contributed by atoms with van der Waals surface area (Å²) in [5.74, 6) is 1.34. The number of benzene rings is 1. The van der Waals surface area contributed by atoms with E-state index in [0.29, 0.717) is 26.5 Å². The average molecular weight is 386 g/mol. The fourth-order valence-electron chi connectivity index (χ4n) is 3.07. The van der Waals surface area contributed by atoms with Gasteiger partial charge in [-0.2, -0.15) is 0 Å². The average Bonchev–Trinajstić information content (AvgIpc) is 3.19. The van der Waals surface area contributed by atoms with Crippen LogP contribution in [0.25, 0.3) is 0 Å². The fourth-order valence-corrected chi connectivity index (χ4v) is 4.52. The van der Waals surface area contributed by atoms with Gasteiger partial charge in [-0.1, -0.05) is 23.2 Å². The third-order valence-corrected chi connectivity index (χ3v) is 5.69. The largest absolute Gasteiger partial charge is 0.497 e. The molecule has 0 saturated carbocycles. The Morgan fingerprint density at radius 1 is 1.25 bits per heavy atom. The summed E-state index contributed by atoms with van der Waals surface area (Å²) in [4.78, 5) is 14.8. The molecule has 2 heterocycles. The number of thiophene rings is 1. The molecule has 1 aromatic carbocycles. The lowest BCUT2D eigenvalue weighted by Gasteiger charge is -2.26. The Bertz CT molecular complexity index is 762. The Morgan fingerprint density at radius 2 is 2.04 bits per heavy atom. The maximum absolute atomic E-state index is 12.9. The van der Waals surface area contributed by atoms with Crippen molar-refractivity contribution in [3.05, 3.63) is 44.1 Å². The molecule has 1 aliphatic rings. The van der Waals surface area contributed by atoms with Gasteiger partial charge < -0.3 is 14.4 Å². The topological polar surface area (TPSA) is 38.8 Å². The van der Waals surface area contributed by atoms with Gasteiger partial charge in [0.1, 0.15) is 15.8 Å². The fraction of sp³-hybridized carbons (Fsp3) is 0.353. The van der Waals surface area contributed by atoms with Crippen LogP contribution in [-0.2, 0) is 0 Å². The summed E-state index contributed by atoms with van der Waals surface area (Å²) in [7, 11) is 3.23. The molecule has 1 fully saturated rings. The first kappa shape index (κ1) is 17.4. The van der Waals surface area contributed by atoms with Crippen molar-refractivity contribution in [3.8, 4) is 11.5 Å². The maximum Gasteiger partial charge on any atom is 0.256 e. The van der Waals surface area contributed by atoms with Crippen LogP contribution in [0.3, 0.4) is 0 Å². The lowest BCUT2D eigenvalue weighted by Crippen LogP contribution is -2.30. The van der Waals surface area contributed by atoms with E-state index in [1.807, 2.05) is 23.1 Å². The molecule has 1 aliphatic heterocycles. The standard InChI is InChI=1S/C17H17Cl2NO3S/c1-22-10-5-6-11(14(8-10)23-2)13-4-3-7-20(13)17(21)12-9-15(18)24-16(12)19/h5-6,8-9,13H,3-4,7H2,1-2H3. The molecule has 128 valence electrons. The highest BCUT2D eigenvalue weighted by atomic mass is 35.5. The lowest BCUT2D eigenvalue weighted by molar-refractivity contribution is 0.0735. The van der Waals surface area contributed by atoms with Gasteiger partial charge in [-0.25, -0.2) is 0 Å². The Kier molecular flexibility index (Phi) is 5.23. The van der Waals surface area contributed by atoms with Crippen LogP contribution in [0.2, 0.25) is 8.67 Å². The normalized spacial score (nSPS) is 17.2. The zero-order chi connectivity index (χ0) is 17.3. The van der Waals surface area contributed by atoms with Crippen LogP contribution in [-0.4, -0.2) is 31.6 Å². The van der Waals surface area contributed by atoms with Crippen molar-refractivity contribution in [1.29, 1.82) is 0 Å². The molecule has 0 aliphatic carbocycles. The smallest absolute Gasteiger partial charge is 0.256 e. The van der Waals surface area contributed by atoms with Crippen molar-refractivity contribution in [3.63, 3.8) is 0 Å². The van der Waals surface area contributed by atoms with Crippen LogP contribution in [0, 0.1) is 0 Å². The van der Waals surface area contributed by atoms with Crippen molar-refractivity contribution < 1.29 is 14.3 Å². The Morgan fingerprint density at radius 3 is 2.67 bits per heavy atom. The van der Waals surface area contributed by atoms with Gasteiger partial charge in [-0.05, 0) is 31.0 Å². The Hall–Kier alpha value is -1.43. The van der Waals surface area contributed by atoms with E-state index in [2.05, 4.69) is 0 Å². The summed E-state index contributed by atoms with van der Waals surface area (Å²) in [6.07, 6.45) is 1.81. The molecule has 7 heteroatoms. The number of hydrogen-bond acceptors (Lipinski definition) is 4. The molecule has 0 bridgehead atoms. The van der Waals surface area contributed by atoms with Crippen molar-refractivity contribution >= 4 is 40.4 Å². The zero-order valence-corrected chi connectivity index (χ0v) is 15.7. The van der Waals surface area contributed by atoms with Crippen LogP contribution in [0.15, 0.2) is 24.3 Å². The highest BCUT2D eigenvalue weighted by Crippen LogP contribution is 2.41. The van der Waals surface area contributed by atoms with Gasteiger partial charge in [0, 0.05) is 18.2 Å². The SMILES string of the molecule is COc1ccc(C2CCCN2C(=O)c2cc(Cl)sc2Cl)c(OC)c1. The number of hydrogen-bond donors (Lipinski definition) is 0. The number of rotatable bonds is 4. The number of likely N-dealkylation sites (tertiary alicyclic amines) is 1. The van der Waals surface area contributed by atoms with Crippen molar-refractivity contribution in [1.82, 2.24) is 4.90 Å². The number of carbonyl (C=O) groups is 1. The minimum Gasteiger partial charge on any atom is -0.497 e. The lowest BCUT2D eigenvalue weighted by atomic mass is 10.0. The van der Waals surface area contributed by atoms with E-state index in [1.165, 1.54) is 11.3 Å². The molecule has 0 N–H and O–H groups in total.